The number of benzene rings is 1. The number of Topliss-reactive ketones (excluding diaryl/α,β-unsaturated/α-hetero) is 3. The molecule has 1 aromatic carbocycles. The minimum absolute atomic E-state index is 0.109. The molecule has 0 fully saturated rings. The molecule has 0 aliphatic heterocycles. The molecule has 0 amide bonds. The Morgan fingerprint density at radius 2 is 0.863 bits per heavy atom. The predicted octanol–water partition coefficient (Wildman–Crippen LogP) is 9.06. The third-order valence-electron chi connectivity index (χ3n) is 8.01. The quantitative estimate of drug-likeness (QED) is 0.0305. The van der Waals surface area contributed by atoms with E-state index in [9.17, 15) is 40.7 Å². The predicted molar refractivity (Wildman–Crippen MR) is 180 cm³/mol. The summed E-state index contributed by atoms with van der Waals surface area (Å²) in [5.41, 5.74) is -0.289. The van der Waals surface area contributed by atoms with E-state index in [0.29, 0.717) is 39.6 Å². The van der Waals surface area contributed by atoms with Gasteiger partial charge >= 0.3 is 12.4 Å². The molecule has 1 rings (SSSR count). The maximum absolute atomic E-state index is 12.7. The van der Waals surface area contributed by atoms with E-state index in [2.05, 4.69) is 6.92 Å². The molecule has 0 aliphatic carbocycles. The van der Waals surface area contributed by atoms with Crippen molar-refractivity contribution >= 4 is 17.3 Å². The van der Waals surface area contributed by atoms with Crippen molar-refractivity contribution in [3.63, 3.8) is 0 Å². The summed E-state index contributed by atoms with van der Waals surface area (Å²) in [5.74, 6) is -10.1. The first-order valence-corrected chi connectivity index (χ1v) is 18.2. The highest BCUT2D eigenvalue weighted by molar-refractivity contribution is 6.11. The van der Waals surface area contributed by atoms with E-state index in [1.54, 1.807) is 0 Å². The molecule has 0 bridgehead atoms. The number of alkyl halides is 6. The standard InChI is InChI=1S/C37H56F6O8/c1-2-3-4-5-6-7-8-9-10-11-12-13-14-15-20-47-21-22-48-23-24-49-25-26-50-27-28-51-31-18-16-30(17-19-31)33(44)29-32(34(45)36(38,39)40)35(46)37(41,42)43/h16-19,32H,2-15,20-29H2,1H3. The summed E-state index contributed by atoms with van der Waals surface area (Å²) in [6, 6.07) is 4.76. The van der Waals surface area contributed by atoms with Crippen LogP contribution in [0.4, 0.5) is 26.3 Å². The van der Waals surface area contributed by atoms with Crippen molar-refractivity contribution in [1.82, 2.24) is 0 Å². The number of hydrogen-bond donors (Lipinski definition) is 0. The minimum atomic E-state index is -5.72. The molecule has 0 saturated carbocycles. The molecule has 0 spiro atoms. The number of carbonyl (C=O) groups excluding carboxylic acids is 3. The van der Waals surface area contributed by atoms with Crippen LogP contribution in [0.2, 0.25) is 0 Å². The van der Waals surface area contributed by atoms with Gasteiger partial charge in [0, 0.05) is 18.6 Å². The first-order valence-electron chi connectivity index (χ1n) is 18.2. The number of hydrogen-bond acceptors (Lipinski definition) is 8. The first-order chi connectivity index (χ1) is 24.4. The highest BCUT2D eigenvalue weighted by Gasteiger charge is 2.53. The van der Waals surface area contributed by atoms with Crippen LogP contribution >= 0.6 is 0 Å². The van der Waals surface area contributed by atoms with Gasteiger partial charge in [-0.2, -0.15) is 26.3 Å². The minimum Gasteiger partial charge on any atom is -0.491 e. The van der Waals surface area contributed by atoms with Crippen molar-refractivity contribution in [1.29, 1.82) is 0 Å². The number of halogens is 6. The Hall–Kier alpha value is -2.55. The van der Waals surface area contributed by atoms with Crippen molar-refractivity contribution in [2.24, 2.45) is 5.92 Å². The van der Waals surface area contributed by atoms with E-state index in [1.165, 1.54) is 95.6 Å². The monoisotopic (exact) mass is 742 g/mol. The topological polar surface area (TPSA) is 97.4 Å². The Labute approximate surface area is 298 Å². The summed E-state index contributed by atoms with van der Waals surface area (Å²) in [5, 5.41) is 0. The Morgan fingerprint density at radius 1 is 0.510 bits per heavy atom. The average molecular weight is 743 g/mol. The largest absolute Gasteiger partial charge is 0.491 e. The lowest BCUT2D eigenvalue weighted by Crippen LogP contribution is -2.42. The molecule has 0 radical (unpaired) electrons. The van der Waals surface area contributed by atoms with Gasteiger partial charge < -0.3 is 23.7 Å². The van der Waals surface area contributed by atoms with Crippen LogP contribution in [0.25, 0.3) is 0 Å². The molecule has 1 aromatic rings. The number of ketones is 3. The number of rotatable bonds is 33. The van der Waals surface area contributed by atoms with Gasteiger partial charge in [0.05, 0.1) is 46.2 Å². The fourth-order valence-electron chi connectivity index (χ4n) is 5.12. The Morgan fingerprint density at radius 3 is 1.25 bits per heavy atom. The zero-order valence-corrected chi connectivity index (χ0v) is 29.9. The van der Waals surface area contributed by atoms with Gasteiger partial charge in [-0.05, 0) is 30.7 Å². The third kappa shape index (κ3) is 23.6. The van der Waals surface area contributed by atoms with E-state index in [4.69, 9.17) is 23.7 Å². The van der Waals surface area contributed by atoms with Crippen LogP contribution < -0.4 is 4.74 Å². The summed E-state index contributed by atoms with van der Waals surface area (Å²) in [6.07, 6.45) is 5.54. The molecule has 0 heterocycles. The van der Waals surface area contributed by atoms with Gasteiger partial charge in [-0.25, -0.2) is 0 Å². The molecule has 0 aromatic heterocycles. The maximum atomic E-state index is 12.7. The lowest BCUT2D eigenvalue weighted by Gasteiger charge is -2.17. The molecule has 8 nitrogen and oxygen atoms in total. The second kappa shape index (κ2) is 28.0. The zero-order valence-electron chi connectivity index (χ0n) is 29.9. The van der Waals surface area contributed by atoms with Gasteiger partial charge in [-0.3, -0.25) is 14.4 Å². The molecular weight excluding hydrogens is 686 g/mol. The average Bonchev–Trinajstić information content (AvgIpc) is 3.09. The van der Waals surface area contributed by atoms with E-state index in [1.807, 2.05) is 0 Å². The first kappa shape index (κ1) is 46.5. The Bertz CT molecular complexity index is 1040. The molecule has 0 unspecified atom stereocenters. The van der Waals surface area contributed by atoms with E-state index in [-0.39, 0.29) is 24.5 Å². The van der Waals surface area contributed by atoms with Crippen LogP contribution in [0.1, 0.15) is 114 Å². The lowest BCUT2D eigenvalue weighted by atomic mass is 9.90. The summed E-state index contributed by atoms with van der Waals surface area (Å²) >= 11 is 0. The van der Waals surface area contributed by atoms with Crippen LogP contribution in [0.5, 0.6) is 5.75 Å². The van der Waals surface area contributed by atoms with E-state index >= 15 is 0 Å². The molecular formula is C37H56F6O8. The van der Waals surface area contributed by atoms with Gasteiger partial charge in [0.1, 0.15) is 18.3 Å². The van der Waals surface area contributed by atoms with Gasteiger partial charge in [-0.1, -0.05) is 90.4 Å². The second-order valence-corrected chi connectivity index (χ2v) is 12.3. The molecule has 0 atom stereocenters. The smallest absolute Gasteiger partial charge is 0.450 e. The fourth-order valence-corrected chi connectivity index (χ4v) is 5.12. The summed E-state index contributed by atoms with van der Waals surface area (Å²) in [6.45, 7) is 5.83. The molecule has 294 valence electrons. The maximum Gasteiger partial charge on any atom is 0.450 e. The Balaban J connectivity index is 1.99. The van der Waals surface area contributed by atoms with Crippen LogP contribution in [0, 0.1) is 5.92 Å². The molecule has 0 aliphatic rings. The summed E-state index contributed by atoms with van der Waals surface area (Å²) in [7, 11) is 0. The normalized spacial score (nSPS) is 12.1. The van der Waals surface area contributed by atoms with Crippen LogP contribution in [0.3, 0.4) is 0 Å². The highest BCUT2D eigenvalue weighted by Crippen LogP contribution is 2.30. The zero-order chi connectivity index (χ0) is 37.8. The van der Waals surface area contributed by atoms with Gasteiger partial charge in [-0.15, -0.1) is 0 Å². The van der Waals surface area contributed by atoms with Crippen molar-refractivity contribution in [3.8, 4) is 5.75 Å². The van der Waals surface area contributed by atoms with Gasteiger partial charge in [0.2, 0.25) is 11.6 Å². The summed E-state index contributed by atoms with van der Waals surface area (Å²) in [4.78, 5) is 35.1. The fraction of sp³-hybridized carbons (Fsp3) is 0.757. The molecule has 51 heavy (non-hydrogen) atoms. The van der Waals surface area contributed by atoms with E-state index in [0.717, 1.165) is 25.2 Å². The lowest BCUT2D eigenvalue weighted by molar-refractivity contribution is -0.189. The van der Waals surface area contributed by atoms with E-state index < -0.39 is 42.0 Å². The van der Waals surface area contributed by atoms with Gasteiger partial charge in [0.15, 0.2) is 5.78 Å². The number of carbonyl (C=O) groups is 3. The van der Waals surface area contributed by atoms with Crippen molar-refractivity contribution < 1.29 is 64.4 Å². The highest BCUT2D eigenvalue weighted by atomic mass is 19.4. The summed E-state index contributed by atoms with van der Waals surface area (Å²) < 4.78 is 104. The molecule has 0 N–H and O–H groups in total. The molecule has 0 saturated heterocycles. The van der Waals surface area contributed by atoms with Gasteiger partial charge in [0.25, 0.3) is 0 Å². The van der Waals surface area contributed by atoms with Crippen molar-refractivity contribution in [2.45, 2.75) is 116 Å². The van der Waals surface area contributed by atoms with Crippen molar-refractivity contribution in [3.05, 3.63) is 29.8 Å². The van der Waals surface area contributed by atoms with Crippen LogP contribution in [-0.2, 0) is 28.5 Å². The number of unbranched alkanes of at least 4 members (excludes halogenated alkanes) is 13. The van der Waals surface area contributed by atoms with Crippen LogP contribution in [-0.4, -0.2) is 89.2 Å². The molecule has 14 heteroatoms. The second-order valence-electron chi connectivity index (χ2n) is 12.3. The SMILES string of the molecule is CCCCCCCCCCCCCCCCOCCOCCOCCOCCOc1ccc(C(=O)CC(C(=O)C(F)(F)F)C(=O)C(F)(F)F)cc1. The number of ether oxygens (including phenoxy) is 5. The Kier molecular flexibility index (Phi) is 25.5. The van der Waals surface area contributed by atoms with Crippen LogP contribution in [0.15, 0.2) is 24.3 Å². The van der Waals surface area contributed by atoms with Crippen molar-refractivity contribution in [2.75, 3.05) is 59.5 Å². The third-order valence-corrected chi connectivity index (χ3v) is 8.01.